The Bertz CT molecular complexity index is 457. The number of hydrogen-bond donors (Lipinski definition) is 3. The molecule has 1 amide bonds. The Balaban J connectivity index is 1.90. The molecule has 1 aliphatic rings. The lowest BCUT2D eigenvalue weighted by Crippen LogP contribution is -2.50. The molecule has 1 aromatic carbocycles. The summed E-state index contributed by atoms with van der Waals surface area (Å²) in [7, 11) is 0. The highest BCUT2D eigenvalue weighted by atomic mass is 16.4. The van der Waals surface area contributed by atoms with E-state index in [1.54, 1.807) is 0 Å². The van der Waals surface area contributed by atoms with Crippen molar-refractivity contribution in [1.29, 1.82) is 0 Å². The Labute approximate surface area is 111 Å². The third kappa shape index (κ3) is 3.79. The molecule has 0 radical (unpaired) electrons. The van der Waals surface area contributed by atoms with E-state index in [0.717, 1.165) is 18.4 Å². The molecule has 1 aromatic rings. The number of carbonyl (C=O) groups excluding carboxylic acids is 1. The molecule has 1 saturated carbocycles. The largest absolute Gasteiger partial charge is 0.480 e. The molecule has 0 heterocycles. The summed E-state index contributed by atoms with van der Waals surface area (Å²) in [5, 5.41) is 11.6. The van der Waals surface area contributed by atoms with Gasteiger partial charge in [0.25, 0.3) is 0 Å². The van der Waals surface area contributed by atoms with Gasteiger partial charge in [0.2, 0.25) is 5.91 Å². The van der Waals surface area contributed by atoms with Crippen LogP contribution in [0.2, 0.25) is 0 Å². The summed E-state index contributed by atoms with van der Waals surface area (Å²) in [5.74, 6) is -1.32. The van der Waals surface area contributed by atoms with E-state index in [-0.39, 0.29) is 5.92 Å². The molecule has 102 valence electrons. The molecule has 5 nitrogen and oxygen atoms in total. The molecule has 0 bridgehead atoms. The highest BCUT2D eigenvalue weighted by molar-refractivity contribution is 5.87. The first-order valence-electron chi connectivity index (χ1n) is 6.40. The molecule has 4 N–H and O–H groups in total. The number of benzene rings is 1. The van der Waals surface area contributed by atoms with Crippen molar-refractivity contribution in [3.8, 4) is 0 Å². The Morgan fingerprint density at radius 3 is 2.47 bits per heavy atom. The van der Waals surface area contributed by atoms with Crippen molar-refractivity contribution in [3.63, 3.8) is 0 Å². The normalized spacial score (nSPS) is 17.5. The number of carbonyl (C=O) groups is 2. The van der Waals surface area contributed by atoms with Crippen LogP contribution in [0.4, 0.5) is 0 Å². The molecule has 1 aliphatic carbocycles. The molecule has 2 rings (SSSR count). The molecule has 2 atom stereocenters. The van der Waals surface area contributed by atoms with Crippen LogP contribution in [0, 0.1) is 5.92 Å². The van der Waals surface area contributed by atoms with Gasteiger partial charge < -0.3 is 16.2 Å². The average Bonchev–Trinajstić information content (AvgIpc) is 3.20. The van der Waals surface area contributed by atoms with E-state index in [0.29, 0.717) is 6.42 Å². The molecule has 0 aromatic heterocycles. The summed E-state index contributed by atoms with van der Waals surface area (Å²) >= 11 is 0. The number of carboxylic acid groups (broad SMARTS) is 1. The zero-order valence-corrected chi connectivity index (χ0v) is 10.6. The molecular formula is C14H18N2O3. The lowest BCUT2D eigenvalue weighted by atomic mass is 10.1. The van der Waals surface area contributed by atoms with Gasteiger partial charge in [0, 0.05) is 0 Å². The van der Waals surface area contributed by atoms with E-state index in [1.165, 1.54) is 0 Å². The van der Waals surface area contributed by atoms with Crippen molar-refractivity contribution in [1.82, 2.24) is 5.32 Å². The van der Waals surface area contributed by atoms with Gasteiger partial charge in [-0.3, -0.25) is 4.79 Å². The second-order valence-corrected chi connectivity index (χ2v) is 4.96. The second kappa shape index (κ2) is 5.84. The van der Waals surface area contributed by atoms with Crippen molar-refractivity contribution < 1.29 is 14.7 Å². The molecule has 0 saturated heterocycles. The third-order valence-electron chi connectivity index (χ3n) is 3.29. The molecule has 1 fully saturated rings. The maximum absolute atomic E-state index is 11.9. The number of nitrogens with one attached hydrogen (secondary N) is 1. The van der Waals surface area contributed by atoms with E-state index in [2.05, 4.69) is 5.32 Å². The lowest BCUT2D eigenvalue weighted by molar-refractivity contribution is -0.142. The van der Waals surface area contributed by atoms with Gasteiger partial charge in [-0.25, -0.2) is 4.79 Å². The molecule has 0 spiro atoms. The maximum atomic E-state index is 11.9. The topological polar surface area (TPSA) is 92.4 Å². The smallest absolute Gasteiger partial charge is 0.326 e. The highest BCUT2D eigenvalue weighted by Gasteiger charge is 2.37. The number of amides is 1. The van der Waals surface area contributed by atoms with Crippen LogP contribution < -0.4 is 11.1 Å². The van der Waals surface area contributed by atoms with Gasteiger partial charge in [-0.1, -0.05) is 30.3 Å². The maximum Gasteiger partial charge on any atom is 0.326 e. The standard InChI is InChI=1S/C14H18N2O3/c15-11(8-9-4-2-1-3-5-9)13(17)16-12(14(18)19)10-6-7-10/h1-5,10-12H,6-8,15H2,(H,16,17)(H,18,19). The number of carboxylic acids is 1. The zero-order valence-electron chi connectivity index (χ0n) is 10.6. The van der Waals surface area contributed by atoms with Gasteiger partial charge in [0.15, 0.2) is 0 Å². The number of nitrogens with two attached hydrogens (primary N) is 1. The Morgan fingerprint density at radius 2 is 1.95 bits per heavy atom. The summed E-state index contributed by atoms with van der Waals surface area (Å²) < 4.78 is 0. The summed E-state index contributed by atoms with van der Waals surface area (Å²) in [5.41, 5.74) is 6.77. The molecule has 2 unspecified atom stereocenters. The zero-order chi connectivity index (χ0) is 13.8. The predicted molar refractivity (Wildman–Crippen MR) is 70.4 cm³/mol. The fourth-order valence-corrected chi connectivity index (χ4v) is 2.03. The first kappa shape index (κ1) is 13.5. The van der Waals surface area contributed by atoms with Crippen LogP contribution in [0.3, 0.4) is 0 Å². The fraction of sp³-hybridized carbons (Fsp3) is 0.429. The van der Waals surface area contributed by atoms with E-state index < -0.39 is 24.0 Å². The second-order valence-electron chi connectivity index (χ2n) is 4.96. The molecule has 5 heteroatoms. The van der Waals surface area contributed by atoms with Gasteiger partial charge in [-0.2, -0.15) is 0 Å². The van der Waals surface area contributed by atoms with Crippen molar-refractivity contribution in [2.75, 3.05) is 0 Å². The predicted octanol–water partition coefficient (Wildman–Crippen LogP) is 0.536. The van der Waals surface area contributed by atoms with Crippen molar-refractivity contribution in [2.24, 2.45) is 11.7 Å². The van der Waals surface area contributed by atoms with Crippen molar-refractivity contribution >= 4 is 11.9 Å². The van der Waals surface area contributed by atoms with Crippen LogP contribution in [-0.4, -0.2) is 29.1 Å². The van der Waals surface area contributed by atoms with Crippen molar-refractivity contribution in [3.05, 3.63) is 35.9 Å². The minimum absolute atomic E-state index is 0.0605. The lowest BCUT2D eigenvalue weighted by Gasteiger charge is -2.17. The molecule has 0 aliphatic heterocycles. The summed E-state index contributed by atoms with van der Waals surface area (Å²) in [6.07, 6.45) is 2.11. The first-order chi connectivity index (χ1) is 9.08. The Kier molecular flexibility index (Phi) is 4.16. The van der Waals surface area contributed by atoms with Gasteiger partial charge in [0.1, 0.15) is 6.04 Å². The van der Waals surface area contributed by atoms with Crippen LogP contribution in [0.5, 0.6) is 0 Å². The number of rotatable bonds is 6. The van der Waals surface area contributed by atoms with Gasteiger partial charge in [-0.15, -0.1) is 0 Å². The monoisotopic (exact) mass is 262 g/mol. The minimum Gasteiger partial charge on any atom is -0.480 e. The van der Waals surface area contributed by atoms with E-state index in [1.807, 2.05) is 30.3 Å². The number of hydrogen-bond acceptors (Lipinski definition) is 3. The Hall–Kier alpha value is -1.88. The summed E-state index contributed by atoms with van der Waals surface area (Å²) in [6, 6.07) is 7.92. The van der Waals surface area contributed by atoms with E-state index >= 15 is 0 Å². The van der Waals surface area contributed by atoms with Gasteiger partial charge >= 0.3 is 5.97 Å². The summed E-state index contributed by atoms with van der Waals surface area (Å²) in [6.45, 7) is 0. The molecule has 19 heavy (non-hydrogen) atoms. The third-order valence-corrected chi connectivity index (χ3v) is 3.29. The fourth-order valence-electron chi connectivity index (χ4n) is 2.03. The van der Waals surface area contributed by atoms with Crippen LogP contribution in [0.15, 0.2) is 30.3 Å². The van der Waals surface area contributed by atoms with Crippen LogP contribution in [0.25, 0.3) is 0 Å². The minimum atomic E-state index is -0.984. The number of aliphatic carboxylic acids is 1. The van der Waals surface area contributed by atoms with Crippen LogP contribution in [0.1, 0.15) is 18.4 Å². The highest BCUT2D eigenvalue weighted by Crippen LogP contribution is 2.32. The van der Waals surface area contributed by atoms with Crippen LogP contribution >= 0.6 is 0 Å². The average molecular weight is 262 g/mol. The van der Waals surface area contributed by atoms with E-state index in [9.17, 15) is 9.59 Å². The van der Waals surface area contributed by atoms with Gasteiger partial charge in [-0.05, 0) is 30.7 Å². The van der Waals surface area contributed by atoms with Gasteiger partial charge in [0.05, 0.1) is 6.04 Å². The van der Waals surface area contributed by atoms with Crippen molar-refractivity contribution in [2.45, 2.75) is 31.3 Å². The van der Waals surface area contributed by atoms with E-state index in [4.69, 9.17) is 10.8 Å². The van der Waals surface area contributed by atoms with Crippen LogP contribution in [-0.2, 0) is 16.0 Å². The SMILES string of the molecule is NC(Cc1ccccc1)C(=O)NC(C(=O)O)C1CC1. The Morgan fingerprint density at radius 1 is 1.32 bits per heavy atom. The first-order valence-corrected chi connectivity index (χ1v) is 6.40. The quantitative estimate of drug-likeness (QED) is 0.697. The summed E-state index contributed by atoms with van der Waals surface area (Å²) in [4.78, 5) is 22.9. The molecular weight excluding hydrogens is 244 g/mol.